The average molecular weight is 364 g/mol. The lowest BCUT2D eigenvalue weighted by atomic mass is 10.2. The van der Waals surface area contributed by atoms with E-state index >= 15 is 0 Å². The van der Waals surface area contributed by atoms with Gasteiger partial charge in [0.05, 0.1) is 4.90 Å². The summed E-state index contributed by atoms with van der Waals surface area (Å²) in [6.07, 6.45) is 0. The van der Waals surface area contributed by atoms with E-state index in [1.165, 1.54) is 23.5 Å². The highest BCUT2D eigenvalue weighted by atomic mass is 35.5. The highest BCUT2D eigenvalue weighted by Gasteiger charge is 2.25. The van der Waals surface area contributed by atoms with Crippen molar-refractivity contribution >= 4 is 28.3 Å². The summed E-state index contributed by atoms with van der Waals surface area (Å²) in [4.78, 5) is 14.1. The van der Waals surface area contributed by atoms with E-state index in [1.54, 1.807) is 24.0 Å². The van der Waals surface area contributed by atoms with Gasteiger partial charge in [-0.2, -0.15) is 4.31 Å². The van der Waals surface area contributed by atoms with Crippen molar-refractivity contribution < 1.29 is 13.2 Å². The molecule has 23 heavy (non-hydrogen) atoms. The minimum atomic E-state index is -3.60. The van der Waals surface area contributed by atoms with E-state index in [0.717, 1.165) is 0 Å². The molecule has 1 aromatic rings. The molecule has 6 nitrogen and oxygen atoms in total. The van der Waals surface area contributed by atoms with Crippen LogP contribution in [0, 0.1) is 0 Å². The third kappa shape index (κ3) is 4.91. The fraction of sp³-hybridized carbons (Fsp3) is 0.533. The van der Waals surface area contributed by atoms with E-state index in [9.17, 15) is 13.2 Å². The maximum absolute atomic E-state index is 12.4. The van der Waals surface area contributed by atoms with Gasteiger partial charge in [0, 0.05) is 38.3 Å². The largest absolute Gasteiger partial charge is 0.339 e. The van der Waals surface area contributed by atoms with Gasteiger partial charge in [0.2, 0.25) is 10.0 Å². The number of benzene rings is 1. The Bertz CT molecular complexity index is 601. The first-order chi connectivity index (χ1) is 10.3. The van der Waals surface area contributed by atoms with E-state index < -0.39 is 10.0 Å². The predicted molar refractivity (Wildman–Crippen MR) is 94.4 cm³/mol. The number of nitrogens with zero attached hydrogens (tertiary/aromatic N) is 2. The number of halogens is 1. The summed E-state index contributed by atoms with van der Waals surface area (Å²) in [5.74, 6) is -0.0994. The molecule has 0 aromatic heterocycles. The van der Waals surface area contributed by atoms with Crippen LogP contribution in [0.4, 0.5) is 0 Å². The molecule has 1 atom stereocenters. The van der Waals surface area contributed by atoms with Crippen LogP contribution in [-0.4, -0.2) is 56.3 Å². The second kappa shape index (κ2) is 9.22. The summed E-state index contributed by atoms with van der Waals surface area (Å²) >= 11 is 0. The molecule has 0 fully saturated rings. The van der Waals surface area contributed by atoms with E-state index in [2.05, 4.69) is 0 Å². The molecule has 1 aromatic carbocycles. The van der Waals surface area contributed by atoms with E-state index in [4.69, 9.17) is 5.73 Å². The molecule has 1 rings (SSSR count). The zero-order valence-corrected chi connectivity index (χ0v) is 15.7. The van der Waals surface area contributed by atoms with Gasteiger partial charge < -0.3 is 10.6 Å². The summed E-state index contributed by atoms with van der Waals surface area (Å²) in [7, 11) is -2.09. The maximum Gasteiger partial charge on any atom is 0.253 e. The van der Waals surface area contributed by atoms with Crippen molar-refractivity contribution in [1.82, 2.24) is 9.21 Å². The van der Waals surface area contributed by atoms with Crippen molar-refractivity contribution in [2.45, 2.75) is 31.7 Å². The van der Waals surface area contributed by atoms with Crippen molar-refractivity contribution in [1.29, 1.82) is 0 Å². The predicted octanol–water partition coefficient (Wildman–Crippen LogP) is 1.56. The van der Waals surface area contributed by atoms with Crippen molar-refractivity contribution in [3.63, 3.8) is 0 Å². The number of sulfonamides is 1. The Hall–Kier alpha value is -1.15. The lowest BCUT2D eigenvalue weighted by Crippen LogP contribution is -2.39. The van der Waals surface area contributed by atoms with Crippen LogP contribution in [-0.2, 0) is 10.0 Å². The van der Waals surface area contributed by atoms with Crippen molar-refractivity contribution in [2.24, 2.45) is 5.73 Å². The van der Waals surface area contributed by atoms with Crippen LogP contribution in [0.2, 0.25) is 0 Å². The van der Waals surface area contributed by atoms with Crippen LogP contribution in [0.25, 0.3) is 0 Å². The molecule has 1 unspecified atom stereocenters. The molecule has 132 valence electrons. The molecule has 0 aliphatic heterocycles. The number of likely N-dealkylation sites (N-methyl/N-ethyl adjacent to an activating group) is 1. The topological polar surface area (TPSA) is 83.7 Å². The fourth-order valence-corrected chi connectivity index (χ4v) is 3.39. The standard InChI is InChI=1S/C15H25N3O3S.ClH/c1-5-18(6-2)15(19)13-7-9-14(10-8-13)22(20,21)17(4)12(3)11-16;/h7-10,12H,5-6,11,16H2,1-4H3;1H. The first-order valence-corrected chi connectivity index (χ1v) is 8.81. The van der Waals surface area contributed by atoms with Gasteiger partial charge >= 0.3 is 0 Å². The molecule has 0 saturated carbocycles. The molecule has 0 heterocycles. The van der Waals surface area contributed by atoms with Gasteiger partial charge in [-0.25, -0.2) is 8.42 Å². The molecule has 1 amide bonds. The number of carbonyl (C=O) groups excluding carboxylic acids is 1. The highest BCUT2D eigenvalue weighted by Crippen LogP contribution is 2.17. The summed E-state index contributed by atoms with van der Waals surface area (Å²) in [6.45, 7) is 7.04. The number of amides is 1. The Kier molecular flexibility index (Phi) is 8.76. The van der Waals surface area contributed by atoms with Gasteiger partial charge in [0.25, 0.3) is 5.91 Å². The second-order valence-electron chi connectivity index (χ2n) is 5.11. The average Bonchev–Trinajstić information content (AvgIpc) is 2.54. The Labute approximate surface area is 145 Å². The lowest BCUT2D eigenvalue weighted by Gasteiger charge is -2.23. The minimum absolute atomic E-state index is 0. The summed E-state index contributed by atoms with van der Waals surface area (Å²) in [5, 5.41) is 0. The van der Waals surface area contributed by atoms with Crippen molar-refractivity contribution in [2.75, 3.05) is 26.7 Å². The quantitative estimate of drug-likeness (QED) is 0.796. The van der Waals surface area contributed by atoms with E-state index in [0.29, 0.717) is 18.7 Å². The van der Waals surface area contributed by atoms with Crippen molar-refractivity contribution in [3.8, 4) is 0 Å². The smallest absolute Gasteiger partial charge is 0.253 e. The Morgan fingerprint density at radius 1 is 1.17 bits per heavy atom. The van der Waals surface area contributed by atoms with Gasteiger partial charge in [-0.05, 0) is 45.0 Å². The van der Waals surface area contributed by atoms with Crippen LogP contribution >= 0.6 is 12.4 Å². The van der Waals surface area contributed by atoms with Gasteiger partial charge in [-0.15, -0.1) is 12.4 Å². The normalized spacial score (nSPS) is 12.6. The van der Waals surface area contributed by atoms with Gasteiger partial charge in [0.1, 0.15) is 0 Å². The maximum atomic E-state index is 12.4. The third-order valence-electron chi connectivity index (χ3n) is 3.79. The summed E-state index contributed by atoms with van der Waals surface area (Å²) in [5.41, 5.74) is 6.00. The number of hydrogen-bond acceptors (Lipinski definition) is 4. The molecule has 0 spiro atoms. The third-order valence-corrected chi connectivity index (χ3v) is 5.78. The van der Waals surface area contributed by atoms with Crippen LogP contribution in [0.1, 0.15) is 31.1 Å². The molecule has 2 N–H and O–H groups in total. The van der Waals surface area contributed by atoms with E-state index in [1.807, 2.05) is 13.8 Å². The zero-order valence-electron chi connectivity index (χ0n) is 14.0. The molecule has 0 aliphatic rings. The molecule has 0 aliphatic carbocycles. The van der Waals surface area contributed by atoms with Crippen LogP contribution < -0.4 is 5.73 Å². The monoisotopic (exact) mass is 363 g/mol. The van der Waals surface area contributed by atoms with Gasteiger partial charge in [-0.3, -0.25) is 4.79 Å². The SMILES string of the molecule is CCN(CC)C(=O)c1ccc(S(=O)(=O)N(C)C(C)CN)cc1.Cl. The number of carbonyl (C=O) groups is 1. The molecular weight excluding hydrogens is 338 g/mol. The highest BCUT2D eigenvalue weighted by molar-refractivity contribution is 7.89. The van der Waals surface area contributed by atoms with E-state index in [-0.39, 0.29) is 35.8 Å². The summed E-state index contributed by atoms with van der Waals surface area (Å²) < 4.78 is 26.1. The molecule has 0 bridgehead atoms. The molecular formula is C15H26ClN3O3S. The van der Waals surface area contributed by atoms with Gasteiger partial charge in [0.15, 0.2) is 0 Å². The lowest BCUT2D eigenvalue weighted by molar-refractivity contribution is 0.0773. The Balaban J connectivity index is 0.00000484. The van der Waals surface area contributed by atoms with Crippen LogP contribution in [0.15, 0.2) is 29.2 Å². The van der Waals surface area contributed by atoms with Crippen LogP contribution in [0.3, 0.4) is 0 Å². The first-order valence-electron chi connectivity index (χ1n) is 7.37. The Morgan fingerprint density at radius 2 is 1.65 bits per heavy atom. The molecule has 8 heteroatoms. The zero-order chi connectivity index (χ0) is 16.9. The van der Waals surface area contributed by atoms with Crippen molar-refractivity contribution in [3.05, 3.63) is 29.8 Å². The molecule has 0 radical (unpaired) electrons. The number of rotatable bonds is 7. The first kappa shape index (κ1) is 21.9. The van der Waals surface area contributed by atoms with Crippen LogP contribution in [0.5, 0.6) is 0 Å². The minimum Gasteiger partial charge on any atom is -0.339 e. The second-order valence-corrected chi connectivity index (χ2v) is 7.11. The van der Waals surface area contributed by atoms with Gasteiger partial charge in [-0.1, -0.05) is 0 Å². The number of hydrogen-bond donors (Lipinski definition) is 1. The summed E-state index contributed by atoms with van der Waals surface area (Å²) in [6, 6.07) is 5.74. The Morgan fingerprint density at radius 3 is 2.04 bits per heavy atom. The fourth-order valence-electron chi connectivity index (χ4n) is 2.01. The number of nitrogens with two attached hydrogens (primary N) is 1. The molecule has 0 saturated heterocycles.